The molecule has 2 atom stereocenters. The molecule has 2 heterocycles. The van der Waals surface area contributed by atoms with Crippen molar-refractivity contribution in [1.29, 1.82) is 0 Å². The molecule has 1 saturated heterocycles. The highest BCUT2D eigenvalue weighted by atomic mass is 32.2. The first-order valence-electron chi connectivity index (χ1n) is 10.7. The van der Waals surface area contributed by atoms with Crippen molar-refractivity contribution >= 4 is 17.7 Å². The summed E-state index contributed by atoms with van der Waals surface area (Å²) in [6, 6.07) is 21.3. The molecule has 2 unspecified atom stereocenters. The highest BCUT2D eigenvalue weighted by molar-refractivity contribution is 7.99. The molecule has 31 heavy (non-hydrogen) atoms. The van der Waals surface area contributed by atoms with Gasteiger partial charge >= 0.3 is 0 Å². The van der Waals surface area contributed by atoms with Crippen LogP contribution in [0.15, 0.2) is 65.8 Å². The van der Waals surface area contributed by atoms with E-state index in [4.69, 9.17) is 0 Å². The van der Waals surface area contributed by atoms with Gasteiger partial charge in [-0.3, -0.25) is 9.69 Å². The number of amides is 1. The van der Waals surface area contributed by atoms with Gasteiger partial charge in [0.2, 0.25) is 5.91 Å². The summed E-state index contributed by atoms with van der Waals surface area (Å²) in [5, 5.41) is 12.5. The average molecular weight is 436 g/mol. The molecular weight excluding hydrogens is 406 g/mol. The number of thioether (sulfide) groups is 1. The highest BCUT2D eigenvalue weighted by Crippen LogP contribution is 2.25. The SMILES string of the molecule is Cc1nnc(SCC(=O)NC2CCN(C(C)c3ccccc3)C2)n1Cc1ccccc1. The molecule has 2 aromatic carbocycles. The Morgan fingerprint density at radius 1 is 1.13 bits per heavy atom. The molecule has 1 amide bonds. The number of hydrogen-bond donors (Lipinski definition) is 1. The summed E-state index contributed by atoms with van der Waals surface area (Å²) in [6.45, 7) is 6.77. The zero-order valence-corrected chi connectivity index (χ0v) is 18.9. The van der Waals surface area contributed by atoms with E-state index < -0.39 is 0 Å². The fourth-order valence-electron chi connectivity index (χ4n) is 4.02. The van der Waals surface area contributed by atoms with Crippen molar-refractivity contribution in [3.8, 4) is 0 Å². The molecule has 1 fully saturated rings. The molecule has 7 heteroatoms. The largest absolute Gasteiger partial charge is 0.351 e. The molecule has 0 spiro atoms. The van der Waals surface area contributed by atoms with Gasteiger partial charge in [0.05, 0.1) is 12.3 Å². The minimum Gasteiger partial charge on any atom is -0.351 e. The first-order valence-corrected chi connectivity index (χ1v) is 11.7. The summed E-state index contributed by atoms with van der Waals surface area (Å²) in [6.07, 6.45) is 0.983. The number of aryl methyl sites for hydroxylation is 1. The molecule has 1 aliphatic heterocycles. The van der Waals surface area contributed by atoms with Crippen LogP contribution in [-0.4, -0.2) is 50.5 Å². The van der Waals surface area contributed by atoms with E-state index in [1.165, 1.54) is 22.9 Å². The molecule has 0 aliphatic carbocycles. The summed E-state index contributed by atoms with van der Waals surface area (Å²) >= 11 is 1.45. The second kappa shape index (κ2) is 10.1. The highest BCUT2D eigenvalue weighted by Gasteiger charge is 2.27. The van der Waals surface area contributed by atoms with E-state index in [9.17, 15) is 4.79 Å². The Morgan fingerprint density at radius 3 is 2.58 bits per heavy atom. The summed E-state index contributed by atoms with van der Waals surface area (Å²) in [4.78, 5) is 15.0. The zero-order chi connectivity index (χ0) is 21.6. The minimum absolute atomic E-state index is 0.0520. The third-order valence-corrected chi connectivity index (χ3v) is 6.80. The van der Waals surface area contributed by atoms with Crippen molar-refractivity contribution in [2.45, 2.75) is 44.1 Å². The van der Waals surface area contributed by atoms with Crippen molar-refractivity contribution in [3.63, 3.8) is 0 Å². The number of nitrogens with one attached hydrogen (secondary N) is 1. The van der Waals surface area contributed by atoms with Crippen LogP contribution in [0.5, 0.6) is 0 Å². The lowest BCUT2D eigenvalue weighted by Crippen LogP contribution is -2.38. The van der Waals surface area contributed by atoms with Crippen LogP contribution >= 0.6 is 11.8 Å². The Morgan fingerprint density at radius 2 is 1.84 bits per heavy atom. The van der Waals surface area contributed by atoms with Gasteiger partial charge in [0.15, 0.2) is 5.16 Å². The van der Waals surface area contributed by atoms with Crippen molar-refractivity contribution in [2.24, 2.45) is 0 Å². The molecule has 6 nitrogen and oxygen atoms in total. The summed E-state index contributed by atoms with van der Waals surface area (Å²) < 4.78 is 2.06. The normalized spacial score (nSPS) is 17.5. The van der Waals surface area contributed by atoms with E-state index in [1.807, 2.05) is 31.2 Å². The van der Waals surface area contributed by atoms with Gasteiger partial charge in [-0.15, -0.1) is 10.2 Å². The Kier molecular flexibility index (Phi) is 7.04. The topological polar surface area (TPSA) is 63.1 Å². The van der Waals surface area contributed by atoms with E-state index in [0.717, 1.165) is 30.5 Å². The maximum absolute atomic E-state index is 12.6. The number of likely N-dealkylation sites (tertiary alicyclic amines) is 1. The Hall–Kier alpha value is -2.64. The van der Waals surface area contributed by atoms with E-state index >= 15 is 0 Å². The third kappa shape index (κ3) is 5.54. The lowest BCUT2D eigenvalue weighted by atomic mass is 10.1. The van der Waals surface area contributed by atoms with E-state index in [2.05, 4.69) is 68.3 Å². The number of aromatic nitrogens is 3. The van der Waals surface area contributed by atoms with E-state index in [0.29, 0.717) is 18.3 Å². The number of nitrogens with zero attached hydrogens (tertiary/aromatic N) is 4. The quantitative estimate of drug-likeness (QED) is 0.547. The fraction of sp³-hybridized carbons (Fsp3) is 0.375. The molecular formula is C24H29N5OS. The average Bonchev–Trinajstić information content (AvgIpc) is 3.40. The Bertz CT molecular complexity index is 992. The van der Waals surface area contributed by atoms with Gasteiger partial charge in [-0.1, -0.05) is 72.4 Å². The molecule has 4 rings (SSSR count). The predicted molar refractivity (Wildman–Crippen MR) is 124 cm³/mol. The molecule has 1 aromatic heterocycles. The fourth-order valence-corrected chi connectivity index (χ4v) is 4.81. The van der Waals surface area contributed by atoms with Crippen molar-refractivity contribution in [1.82, 2.24) is 25.0 Å². The van der Waals surface area contributed by atoms with Crippen molar-refractivity contribution in [2.75, 3.05) is 18.8 Å². The van der Waals surface area contributed by atoms with Crippen LogP contribution in [-0.2, 0) is 11.3 Å². The Balaban J connectivity index is 1.28. The standard InChI is InChI=1S/C24H29N5OS/c1-18(21-11-7-4-8-12-21)28-14-13-22(16-28)25-23(30)17-31-24-27-26-19(2)29(24)15-20-9-5-3-6-10-20/h3-12,18,22H,13-17H2,1-2H3,(H,25,30). The van der Waals surface area contributed by atoms with Gasteiger partial charge in [-0.2, -0.15) is 0 Å². The van der Waals surface area contributed by atoms with E-state index in [-0.39, 0.29) is 11.9 Å². The summed E-state index contributed by atoms with van der Waals surface area (Å²) in [5.41, 5.74) is 2.51. The van der Waals surface area contributed by atoms with Crippen LogP contribution in [0.1, 0.15) is 36.3 Å². The molecule has 0 radical (unpaired) electrons. The summed E-state index contributed by atoms with van der Waals surface area (Å²) in [5.74, 6) is 1.25. The van der Waals surface area contributed by atoms with Gasteiger partial charge in [0, 0.05) is 25.2 Å². The first-order chi connectivity index (χ1) is 15.1. The number of benzene rings is 2. The van der Waals surface area contributed by atoms with Crippen LogP contribution in [0.3, 0.4) is 0 Å². The van der Waals surface area contributed by atoms with Crippen LogP contribution in [0, 0.1) is 6.92 Å². The Labute approximate surface area is 188 Å². The number of hydrogen-bond acceptors (Lipinski definition) is 5. The maximum atomic E-state index is 12.6. The van der Waals surface area contributed by atoms with Gasteiger partial charge < -0.3 is 9.88 Å². The molecule has 1 N–H and O–H groups in total. The molecule has 0 bridgehead atoms. The number of carbonyl (C=O) groups excluding carboxylic acids is 1. The molecule has 1 aliphatic rings. The number of rotatable bonds is 8. The predicted octanol–water partition coefficient (Wildman–Crippen LogP) is 3.68. The van der Waals surface area contributed by atoms with Crippen LogP contribution < -0.4 is 5.32 Å². The second-order valence-electron chi connectivity index (χ2n) is 8.02. The minimum atomic E-state index is 0.0520. The number of carbonyl (C=O) groups is 1. The van der Waals surface area contributed by atoms with Crippen LogP contribution in [0.2, 0.25) is 0 Å². The van der Waals surface area contributed by atoms with Gasteiger partial charge in [-0.25, -0.2) is 0 Å². The molecule has 3 aromatic rings. The maximum Gasteiger partial charge on any atom is 0.230 e. The van der Waals surface area contributed by atoms with Gasteiger partial charge in [0.1, 0.15) is 5.82 Å². The molecule has 162 valence electrons. The third-order valence-electron chi connectivity index (χ3n) is 5.83. The summed E-state index contributed by atoms with van der Waals surface area (Å²) in [7, 11) is 0. The lowest BCUT2D eigenvalue weighted by molar-refractivity contribution is -0.119. The van der Waals surface area contributed by atoms with E-state index in [1.54, 1.807) is 0 Å². The second-order valence-corrected chi connectivity index (χ2v) is 8.97. The zero-order valence-electron chi connectivity index (χ0n) is 18.1. The van der Waals surface area contributed by atoms with Crippen LogP contribution in [0.4, 0.5) is 0 Å². The first kappa shape index (κ1) is 21.6. The lowest BCUT2D eigenvalue weighted by Gasteiger charge is -2.24. The van der Waals surface area contributed by atoms with Crippen molar-refractivity contribution in [3.05, 3.63) is 77.6 Å². The monoisotopic (exact) mass is 435 g/mol. The van der Waals surface area contributed by atoms with Crippen molar-refractivity contribution < 1.29 is 4.79 Å². The van der Waals surface area contributed by atoms with Crippen LogP contribution in [0.25, 0.3) is 0 Å². The van der Waals surface area contributed by atoms with Gasteiger partial charge in [-0.05, 0) is 31.4 Å². The molecule has 0 saturated carbocycles. The smallest absolute Gasteiger partial charge is 0.230 e. The van der Waals surface area contributed by atoms with Gasteiger partial charge in [0.25, 0.3) is 0 Å².